The Morgan fingerprint density at radius 3 is 2.83 bits per heavy atom. The number of hydrogen-bond acceptors (Lipinski definition) is 6. The van der Waals surface area contributed by atoms with Crippen LogP contribution in [0.5, 0.6) is 0 Å². The number of likely N-dealkylation sites (N-methyl/N-ethyl adjacent to an activating group) is 1. The average molecular weight is 329 g/mol. The highest BCUT2D eigenvalue weighted by molar-refractivity contribution is 5.92. The maximum absolute atomic E-state index is 12.5. The van der Waals surface area contributed by atoms with Crippen molar-refractivity contribution >= 4 is 11.7 Å². The van der Waals surface area contributed by atoms with Crippen molar-refractivity contribution in [3.63, 3.8) is 0 Å². The molecular formula is C17H23N5O2. The first-order chi connectivity index (χ1) is 11.7. The quantitative estimate of drug-likeness (QED) is 0.705. The lowest BCUT2D eigenvalue weighted by atomic mass is 10.2. The first-order valence-corrected chi connectivity index (χ1v) is 7.90. The number of rotatable bonds is 9. The smallest absolute Gasteiger partial charge is 0.272 e. The highest BCUT2D eigenvalue weighted by Crippen LogP contribution is 2.07. The molecule has 1 N–H and O–H groups in total. The van der Waals surface area contributed by atoms with Gasteiger partial charge in [-0.25, -0.2) is 9.97 Å². The minimum absolute atomic E-state index is 0.119. The van der Waals surface area contributed by atoms with Gasteiger partial charge in [0.05, 0.1) is 0 Å². The van der Waals surface area contributed by atoms with Gasteiger partial charge in [0.2, 0.25) is 0 Å². The fourth-order valence-corrected chi connectivity index (χ4v) is 2.15. The Labute approximate surface area is 142 Å². The van der Waals surface area contributed by atoms with E-state index in [0.29, 0.717) is 24.7 Å². The molecule has 0 atom stereocenters. The summed E-state index contributed by atoms with van der Waals surface area (Å²) < 4.78 is 5.00. The van der Waals surface area contributed by atoms with Gasteiger partial charge in [0.15, 0.2) is 0 Å². The Bertz CT molecular complexity index is 636. The molecule has 0 aromatic carbocycles. The molecule has 2 aromatic rings. The Balaban J connectivity index is 1.88. The zero-order valence-electron chi connectivity index (χ0n) is 14.1. The maximum atomic E-state index is 12.5. The number of pyridine rings is 1. The second-order valence-corrected chi connectivity index (χ2v) is 5.39. The molecule has 0 aliphatic rings. The van der Waals surface area contributed by atoms with E-state index in [0.717, 1.165) is 24.9 Å². The molecule has 24 heavy (non-hydrogen) atoms. The monoisotopic (exact) mass is 329 g/mol. The number of nitrogens with zero attached hydrogens (tertiary/aromatic N) is 4. The van der Waals surface area contributed by atoms with Gasteiger partial charge in [-0.15, -0.1) is 0 Å². The fourth-order valence-electron chi connectivity index (χ4n) is 2.15. The van der Waals surface area contributed by atoms with Crippen molar-refractivity contribution in [3.8, 4) is 0 Å². The van der Waals surface area contributed by atoms with Gasteiger partial charge in [0.1, 0.15) is 17.8 Å². The number of carbonyl (C=O) groups excluding carboxylic acids is 1. The molecule has 7 nitrogen and oxygen atoms in total. The first kappa shape index (κ1) is 17.8. The van der Waals surface area contributed by atoms with Crippen LogP contribution in [0.4, 0.5) is 5.82 Å². The number of anilines is 1. The summed E-state index contributed by atoms with van der Waals surface area (Å²) in [6.07, 6.45) is 6.56. The van der Waals surface area contributed by atoms with Crippen molar-refractivity contribution in [2.24, 2.45) is 0 Å². The van der Waals surface area contributed by atoms with Crippen molar-refractivity contribution in [3.05, 3.63) is 48.2 Å². The lowest BCUT2D eigenvalue weighted by Crippen LogP contribution is -2.29. The summed E-state index contributed by atoms with van der Waals surface area (Å²) in [5, 5.41) is 3.16. The molecular weight excluding hydrogens is 306 g/mol. The molecule has 2 heterocycles. The van der Waals surface area contributed by atoms with Gasteiger partial charge in [-0.1, -0.05) is 0 Å². The van der Waals surface area contributed by atoms with Gasteiger partial charge in [0.25, 0.3) is 5.91 Å². The van der Waals surface area contributed by atoms with E-state index >= 15 is 0 Å². The third kappa shape index (κ3) is 5.58. The molecule has 2 aromatic heterocycles. The van der Waals surface area contributed by atoms with Gasteiger partial charge in [0, 0.05) is 52.3 Å². The van der Waals surface area contributed by atoms with Crippen molar-refractivity contribution in [2.75, 3.05) is 39.2 Å². The standard InChI is InChI=1S/C17H23N5O2/c1-22(10-6-14-4-8-18-9-5-14)17(23)15-12-16(21-13-20-15)19-7-3-11-24-2/h4-5,8-9,12-13H,3,6-7,10-11H2,1-2H3,(H,19,20,21). The minimum Gasteiger partial charge on any atom is -0.385 e. The number of methoxy groups -OCH3 is 1. The molecule has 1 amide bonds. The highest BCUT2D eigenvalue weighted by Gasteiger charge is 2.14. The van der Waals surface area contributed by atoms with Crippen LogP contribution in [0.15, 0.2) is 36.9 Å². The van der Waals surface area contributed by atoms with Crippen LogP contribution in [0.25, 0.3) is 0 Å². The molecule has 0 aliphatic heterocycles. The summed E-state index contributed by atoms with van der Waals surface area (Å²) >= 11 is 0. The summed E-state index contributed by atoms with van der Waals surface area (Å²) in [4.78, 5) is 26.3. The van der Waals surface area contributed by atoms with Crippen LogP contribution in [0, 0.1) is 0 Å². The second kappa shape index (κ2) is 9.57. The Morgan fingerprint density at radius 1 is 1.29 bits per heavy atom. The number of aromatic nitrogens is 3. The summed E-state index contributed by atoms with van der Waals surface area (Å²) in [5.41, 5.74) is 1.53. The van der Waals surface area contributed by atoms with Crippen LogP contribution in [-0.4, -0.2) is 59.6 Å². The number of ether oxygens (including phenoxy) is 1. The van der Waals surface area contributed by atoms with Crippen LogP contribution in [-0.2, 0) is 11.2 Å². The third-order valence-electron chi connectivity index (χ3n) is 3.55. The predicted octanol–water partition coefficient (Wildman–Crippen LogP) is 1.63. The molecule has 0 radical (unpaired) electrons. The molecule has 0 bridgehead atoms. The van der Waals surface area contributed by atoms with Crippen molar-refractivity contribution in [2.45, 2.75) is 12.8 Å². The van der Waals surface area contributed by atoms with Crippen LogP contribution < -0.4 is 5.32 Å². The predicted molar refractivity (Wildman–Crippen MR) is 91.9 cm³/mol. The molecule has 0 saturated heterocycles. The Morgan fingerprint density at radius 2 is 2.08 bits per heavy atom. The van der Waals surface area contributed by atoms with Crippen molar-refractivity contribution < 1.29 is 9.53 Å². The second-order valence-electron chi connectivity index (χ2n) is 5.39. The zero-order valence-corrected chi connectivity index (χ0v) is 14.1. The van der Waals surface area contributed by atoms with Gasteiger partial charge in [-0.05, 0) is 30.5 Å². The van der Waals surface area contributed by atoms with Crippen molar-refractivity contribution in [1.29, 1.82) is 0 Å². The molecule has 128 valence electrons. The number of hydrogen-bond donors (Lipinski definition) is 1. The van der Waals surface area contributed by atoms with Crippen LogP contribution in [0.2, 0.25) is 0 Å². The molecule has 0 spiro atoms. The summed E-state index contributed by atoms with van der Waals surface area (Å²) in [7, 11) is 3.45. The number of nitrogens with one attached hydrogen (secondary N) is 1. The average Bonchev–Trinajstić information content (AvgIpc) is 2.64. The Hall–Kier alpha value is -2.54. The summed E-state index contributed by atoms with van der Waals surface area (Å²) in [5.74, 6) is 0.526. The van der Waals surface area contributed by atoms with Crippen molar-refractivity contribution in [1.82, 2.24) is 19.9 Å². The highest BCUT2D eigenvalue weighted by atomic mass is 16.5. The Kier molecular flexibility index (Phi) is 7.10. The van der Waals surface area contributed by atoms with E-state index in [9.17, 15) is 4.79 Å². The maximum Gasteiger partial charge on any atom is 0.272 e. The van der Waals surface area contributed by atoms with E-state index in [1.807, 2.05) is 12.1 Å². The largest absolute Gasteiger partial charge is 0.385 e. The van der Waals surface area contributed by atoms with Crippen LogP contribution >= 0.6 is 0 Å². The van der Waals surface area contributed by atoms with Crippen LogP contribution in [0.1, 0.15) is 22.5 Å². The van der Waals surface area contributed by atoms with Gasteiger partial charge in [-0.2, -0.15) is 0 Å². The van der Waals surface area contributed by atoms with Gasteiger partial charge in [-0.3, -0.25) is 9.78 Å². The van der Waals surface area contributed by atoms with E-state index in [1.54, 1.807) is 37.5 Å². The zero-order chi connectivity index (χ0) is 17.2. The number of amides is 1. The SMILES string of the molecule is COCCCNc1cc(C(=O)N(C)CCc2ccncc2)ncn1. The summed E-state index contributed by atoms with van der Waals surface area (Å²) in [6, 6.07) is 5.58. The molecule has 0 saturated carbocycles. The van der Waals surface area contributed by atoms with E-state index in [4.69, 9.17) is 4.74 Å². The molecule has 7 heteroatoms. The summed E-state index contributed by atoms with van der Waals surface area (Å²) in [6.45, 7) is 2.03. The van der Waals surface area contributed by atoms with Gasteiger partial charge < -0.3 is 15.0 Å². The molecule has 0 unspecified atom stereocenters. The normalized spacial score (nSPS) is 10.4. The first-order valence-electron chi connectivity index (χ1n) is 7.90. The molecule has 0 fully saturated rings. The van der Waals surface area contributed by atoms with E-state index in [-0.39, 0.29) is 5.91 Å². The topological polar surface area (TPSA) is 80.2 Å². The lowest BCUT2D eigenvalue weighted by Gasteiger charge is -2.17. The van der Waals surface area contributed by atoms with E-state index in [1.165, 1.54) is 6.33 Å². The van der Waals surface area contributed by atoms with Crippen LogP contribution in [0.3, 0.4) is 0 Å². The van der Waals surface area contributed by atoms with E-state index < -0.39 is 0 Å². The number of carbonyl (C=O) groups is 1. The lowest BCUT2D eigenvalue weighted by molar-refractivity contribution is 0.0790. The third-order valence-corrected chi connectivity index (χ3v) is 3.55. The van der Waals surface area contributed by atoms with Gasteiger partial charge >= 0.3 is 0 Å². The minimum atomic E-state index is -0.119. The fraction of sp³-hybridized carbons (Fsp3) is 0.412. The molecule has 0 aliphatic carbocycles. The molecule has 2 rings (SSSR count). The van der Waals surface area contributed by atoms with E-state index in [2.05, 4.69) is 20.3 Å².